The lowest BCUT2D eigenvalue weighted by Crippen LogP contribution is -2.20. The van der Waals surface area contributed by atoms with Gasteiger partial charge >= 0.3 is 0 Å². The van der Waals surface area contributed by atoms with Crippen LogP contribution in [-0.4, -0.2) is 6.54 Å². The van der Waals surface area contributed by atoms with E-state index in [0.717, 1.165) is 6.54 Å². The van der Waals surface area contributed by atoms with Crippen molar-refractivity contribution >= 4 is 0 Å². The Labute approximate surface area is 113 Å². The molecule has 0 aliphatic carbocycles. The Balaban J connectivity index is 2.14. The average molecular weight is 247 g/mol. The van der Waals surface area contributed by atoms with Crippen LogP contribution in [0.15, 0.2) is 24.3 Å². The van der Waals surface area contributed by atoms with Gasteiger partial charge in [-0.25, -0.2) is 0 Å². The predicted molar refractivity (Wildman–Crippen MR) is 81.0 cm³/mol. The number of nitrogens with one attached hydrogen (secondary N) is 1. The van der Waals surface area contributed by atoms with Crippen LogP contribution in [0.1, 0.15) is 69.5 Å². The van der Waals surface area contributed by atoms with E-state index in [1.807, 2.05) is 0 Å². The third-order valence-electron chi connectivity index (χ3n) is 3.64. The lowest BCUT2D eigenvalue weighted by atomic mass is 10.0. The molecule has 1 atom stereocenters. The molecule has 1 aromatic carbocycles. The molecule has 0 unspecified atom stereocenters. The minimum absolute atomic E-state index is 0.474. The quantitative estimate of drug-likeness (QED) is 0.605. The van der Waals surface area contributed by atoms with Gasteiger partial charge in [0.15, 0.2) is 0 Å². The van der Waals surface area contributed by atoms with E-state index in [4.69, 9.17) is 0 Å². The van der Waals surface area contributed by atoms with E-state index < -0.39 is 0 Å². The molecule has 0 aromatic heterocycles. The Morgan fingerprint density at radius 2 is 1.67 bits per heavy atom. The van der Waals surface area contributed by atoms with Crippen molar-refractivity contribution in [2.45, 2.75) is 65.3 Å². The normalized spacial score (nSPS) is 12.6. The molecule has 0 heterocycles. The van der Waals surface area contributed by atoms with Crippen LogP contribution >= 0.6 is 0 Å². The lowest BCUT2D eigenvalue weighted by molar-refractivity contribution is 0.526. The second-order valence-electron chi connectivity index (χ2n) is 5.30. The van der Waals surface area contributed by atoms with Crippen LogP contribution in [0.25, 0.3) is 0 Å². The van der Waals surface area contributed by atoms with E-state index in [1.54, 1.807) is 0 Å². The van der Waals surface area contributed by atoms with E-state index >= 15 is 0 Å². The summed E-state index contributed by atoms with van der Waals surface area (Å²) in [5, 5.41) is 3.63. The van der Waals surface area contributed by atoms with E-state index in [9.17, 15) is 0 Å². The van der Waals surface area contributed by atoms with Crippen LogP contribution in [0, 0.1) is 6.92 Å². The number of unbranched alkanes of at least 4 members (excludes halogenated alkanes) is 5. The first-order valence-corrected chi connectivity index (χ1v) is 7.54. The Bertz CT molecular complexity index is 319. The molecule has 18 heavy (non-hydrogen) atoms. The maximum Gasteiger partial charge on any atom is 0.0294 e. The molecule has 0 spiro atoms. The summed E-state index contributed by atoms with van der Waals surface area (Å²) in [6.45, 7) is 7.87. The van der Waals surface area contributed by atoms with Gasteiger partial charge in [-0.15, -0.1) is 0 Å². The molecule has 0 aliphatic heterocycles. The van der Waals surface area contributed by atoms with Crippen LogP contribution in [0.5, 0.6) is 0 Å². The monoisotopic (exact) mass is 247 g/mol. The molecule has 0 radical (unpaired) electrons. The van der Waals surface area contributed by atoms with Crippen molar-refractivity contribution in [1.29, 1.82) is 0 Å². The molecular formula is C17H29N. The van der Waals surface area contributed by atoms with Crippen molar-refractivity contribution in [2.75, 3.05) is 6.54 Å². The van der Waals surface area contributed by atoms with Crippen molar-refractivity contribution in [1.82, 2.24) is 5.32 Å². The first-order chi connectivity index (χ1) is 8.75. The van der Waals surface area contributed by atoms with Gasteiger partial charge in [0, 0.05) is 6.04 Å². The summed E-state index contributed by atoms with van der Waals surface area (Å²) in [6, 6.07) is 9.14. The highest BCUT2D eigenvalue weighted by Crippen LogP contribution is 2.16. The first-order valence-electron chi connectivity index (χ1n) is 7.54. The van der Waals surface area contributed by atoms with Gasteiger partial charge in [-0.1, -0.05) is 63.3 Å². The second-order valence-corrected chi connectivity index (χ2v) is 5.30. The van der Waals surface area contributed by atoms with E-state index in [-0.39, 0.29) is 0 Å². The zero-order valence-electron chi connectivity index (χ0n) is 12.3. The van der Waals surface area contributed by atoms with Gasteiger partial charge in [0.1, 0.15) is 0 Å². The smallest absolute Gasteiger partial charge is 0.0294 e. The SMILES string of the molecule is CCCCCCCCN[C@H](C)c1ccccc1C. The lowest BCUT2D eigenvalue weighted by Gasteiger charge is -2.16. The maximum atomic E-state index is 3.63. The largest absolute Gasteiger partial charge is 0.310 e. The van der Waals surface area contributed by atoms with Gasteiger partial charge in [-0.05, 0) is 37.9 Å². The molecule has 0 bridgehead atoms. The Morgan fingerprint density at radius 3 is 2.39 bits per heavy atom. The standard InChI is InChI=1S/C17H29N/c1-4-5-6-7-8-11-14-18-16(3)17-13-10-9-12-15(17)2/h9-10,12-13,16,18H,4-8,11,14H2,1-3H3/t16-/m1/s1. The fraction of sp³-hybridized carbons (Fsp3) is 0.647. The molecule has 1 heteroatoms. The molecule has 0 aliphatic rings. The summed E-state index contributed by atoms with van der Waals surface area (Å²) < 4.78 is 0. The number of hydrogen-bond acceptors (Lipinski definition) is 1. The van der Waals surface area contributed by atoms with Crippen LogP contribution < -0.4 is 5.32 Å². The van der Waals surface area contributed by atoms with Crippen molar-refractivity contribution in [3.8, 4) is 0 Å². The highest BCUT2D eigenvalue weighted by atomic mass is 14.9. The van der Waals surface area contributed by atoms with E-state index in [2.05, 4.69) is 50.4 Å². The molecule has 1 nitrogen and oxygen atoms in total. The Kier molecular flexibility index (Phi) is 7.75. The summed E-state index contributed by atoms with van der Waals surface area (Å²) in [7, 11) is 0. The summed E-state index contributed by atoms with van der Waals surface area (Å²) in [5.41, 5.74) is 2.82. The zero-order chi connectivity index (χ0) is 13.2. The van der Waals surface area contributed by atoms with E-state index in [0.29, 0.717) is 6.04 Å². The fourth-order valence-corrected chi connectivity index (χ4v) is 2.41. The minimum atomic E-state index is 0.474. The number of aryl methyl sites for hydroxylation is 1. The molecule has 1 aromatic rings. The Morgan fingerprint density at radius 1 is 1.00 bits per heavy atom. The average Bonchev–Trinajstić information content (AvgIpc) is 2.38. The summed E-state index contributed by atoms with van der Waals surface area (Å²) >= 11 is 0. The van der Waals surface area contributed by atoms with Gasteiger partial charge < -0.3 is 5.32 Å². The van der Waals surface area contributed by atoms with Gasteiger partial charge in [0.25, 0.3) is 0 Å². The molecule has 0 amide bonds. The van der Waals surface area contributed by atoms with Gasteiger partial charge in [-0.3, -0.25) is 0 Å². The van der Waals surface area contributed by atoms with Gasteiger partial charge in [0.2, 0.25) is 0 Å². The third kappa shape index (κ3) is 5.68. The zero-order valence-corrected chi connectivity index (χ0v) is 12.3. The molecule has 1 rings (SSSR count). The minimum Gasteiger partial charge on any atom is -0.310 e. The molecule has 0 saturated carbocycles. The van der Waals surface area contributed by atoms with Gasteiger partial charge in [0.05, 0.1) is 0 Å². The number of hydrogen-bond donors (Lipinski definition) is 1. The van der Waals surface area contributed by atoms with Gasteiger partial charge in [-0.2, -0.15) is 0 Å². The predicted octanol–water partition coefficient (Wildman–Crippen LogP) is 5.01. The number of benzene rings is 1. The summed E-state index contributed by atoms with van der Waals surface area (Å²) in [6.07, 6.45) is 8.21. The van der Waals surface area contributed by atoms with Crippen LogP contribution in [0.4, 0.5) is 0 Å². The van der Waals surface area contributed by atoms with Crippen molar-refractivity contribution in [3.63, 3.8) is 0 Å². The highest BCUT2D eigenvalue weighted by Gasteiger charge is 2.05. The molecule has 0 saturated heterocycles. The summed E-state index contributed by atoms with van der Waals surface area (Å²) in [4.78, 5) is 0. The van der Waals surface area contributed by atoms with Crippen LogP contribution in [0.2, 0.25) is 0 Å². The molecule has 102 valence electrons. The highest BCUT2D eigenvalue weighted by molar-refractivity contribution is 5.28. The van der Waals surface area contributed by atoms with Crippen LogP contribution in [-0.2, 0) is 0 Å². The van der Waals surface area contributed by atoms with Crippen molar-refractivity contribution in [2.24, 2.45) is 0 Å². The third-order valence-corrected chi connectivity index (χ3v) is 3.64. The summed E-state index contributed by atoms with van der Waals surface area (Å²) in [5.74, 6) is 0. The number of rotatable bonds is 9. The van der Waals surface area contributed by atoms with Crippen molar-refractivity contribution in [3.05, 3.63) is 35.4 Å². The van der Waals surface area contributed by atoms with E-state index in [1.165, 1.54) is 49.7 Å². The van der Waals surface area contributed by atoms with Crippen molar-refractivity contribution < 1.29 is 0 Å². The molecule has 0 fully saturated rings. The first kappa shape index (κ1) is 15.2. The Hall–Kier alpha value is -0.820. The fourth-order valence-electron chi connectivity index (χ4n) is 2.41. The molecular weight excluding hydrogens is 218 g/mol. The maximum absolute atomic E-state index is 3.63. The second kappa shape index (κ2) is 9.16. The van der Waals surface area contributed by atoms with Crippen LogP contribution in [0.3, 0.4) is 0 Å². The molecule has 1 N–H and O–H groups in total. The topological polar surface area (TPSA) is 12.0 Å².